The number of aromatic nitrogens is 1. The molecule has 9 heavy (non-hydrogen) atoms. The maximum absolute atomic E-state index is 12.1. The minimum Gasteiger partial charge on any atom is -0.191 e. The smallest absolute Gasteiger partial charge is 0.191 e. The first-order valence-corrected chi connectivity index (χ1v) is 2.48. The Balaban J connectivity index is 3.17. The van der Waals surface area contributed by atoms with Crippen molar-refractivity contribution in [3.05, 3.63) is 24.0 Å². The van der Waals surface area contributed by atoms with Crippen LogP contribution in [0.1, 0.15) is 0 Å². The number of halogens is 2. The van der Waals surface area contributed by atoms with Gasteiger partial charge in [-0.25, -0.2) is 0 Å². The van der Waals surface area contributed by atoms with Crippen LogP contribution < -0.4 is 5.46 Å². The van der Waals surface area contributed by atoms with Crippen molar-refractivity contribution in [2.75, 3.05) is 0 Å². The van der Waals surface area contributed by atoms with Crippen molar-refractivity contribution < 1.29 is 8.78 Å². The lowest BCUT2D eigenvalue weighted by Crippen LogP contribution is -2.05. The molecule has 0 saturated heterocycles. The van der Waals surface area contributed by atoms with Crippen molar-refractivity contribution in [3.63, 3.8) is 0 Å². The Hall–Kier alpha value is -0.925. The predicted octanol–water partition coefficient (Wildman–Crippen LogP) is -0.382. The molecule has 0 spiro atoms. The molecule has 0 atom stereocenters. The molecule has 0 fully saturated rings. The van der Waals surface area contributed by atoms with Gasteiger partial charge in [0.05, 0.1) is 0 Å². The largest absolute Gasteiger partial charge is 0.214 e. The van der Waals surface area contributed by atoms with E-state index in [-0.39, 0.29) is 0 Å². The fourth-order valence-corrected chi connectivity index (χ4v) is 0.584. The molecule has 0 bridgehead atoms. The second kappa shape index (κ2) is 2.13. The number of hydrogen-bond acceptors (Lipinski definition) is 1. The molecule has 0 aliphatic carbocycles. The van der Waals surface area contributed by atoms with Crippen molar-refractivity contribution in [2.24, 2.45) is 0 Å². The molecular weight excluding hydrogens is 123 g/mol. The maximum Gasteiger partial charge on any atom is 0.214 e. The van der Waals surface area contributed by atoms with Gasteiger partial charge in [-0.3, -0.25) is 0 Å². The summed E-state index contributed by atoms with van der Waals surface area (Å²) in [6, 6.07) is 2.34. The summed E-state index contributed by atoms with van der Waals surface area (Å²) in [6.07, 6.45) is 0. The van der Waals surface area contributed by atoms with Gasteiger partial charge in [-0.2, -0.15) is 13.8 Å². The van der Waals surface area contributed by atoms with Crippen molar-refractivity contribution in [3.8, 4) is 0 Å². The zero-order chi connectivity index (χ0) is 6.85. The van der Waals surface area contributed by atoms with Crippen LogP contribution >= 0.6 is 0 Å². The lowest BCUT2D eigenvalue weighted by atomic mass is 9.98. The fourth-order valence-electron chi connectivity index (χ4n) is 0.584. The molecule has 0 aromatic carbocycles. The van der Waals surface area contributed by atoms with E-state index in [0.29, 0.717) is 5.46 Å². The van der Waals surface area contributed by atoms with E-state index in [2.05, 4.69) is 4.98 Å². The molecule has 0 aliphatic heterocycles. The third kappa shape index (κ3) is 1.49. The Morgan fingerprint density at radius 3 is 2.00 bits per heavy atom. The number of pyridine rings is 1. The first kappa shape index (κ1) is 6.20. The van der Waals surface area contributed by atoms with Gasteiger partial charge >= 0.3 is 0 Å². The molecule has 0 aliphatic rings. The highest BCUT2D eigenvalue weighted by Crippen LogP contribution is 1.90. The van der Waals surface area contributed by atoms with Gasteiger partial charge in [-0.1, -0.05) is 5.46 Å². The normalized spacial score (nSPS) is 9.56. The third-order valence-corrected chi connectivity index (χ3v) is 0.907. The van der Waals surface area contributed by atoms with E-state index >= 15 is 0 Å². The van der Waals surface area contributed by atoms with Gasteiger partial charge in [0, 0.05) is 0 Å². The maximum atomic E-state index is 12.1. The Kier molecular flexibility index (Phi) is 1.47. The second-order valence-corrected chi connectivity index (χ2v) is 1.79. The highest BCUT2D eigenvalue weighted by atomic mass is 19.1. The topological polar surface area (TPSA) is 12.9 Å². The average Bonchev–Trinajstić information content (AvgIpc) is 1.59. The molecule has 0 radical (unpaired) electrons. The van der Waals surface area contributed by atoms with Gasteiger partial charge in [0.2, 0.25) is 11.9 Å². The highest BCUT2D eigenvalue weighted by molar-refractivity contribution is 6.32. The van der Waals surface area contributed by atoms with Gasteiger partial charge in [0.25, 0.3) is 0 Å². The van der Waals surface area contributed by atoms with Crippen LogP contribution in [0.15, 0.2) is 12.1 Å². The summed E-state index contributed by atoms with van der Waals surface area (Å²) in [4.78, 5) is 2.90. The minimum absolute atomic E-state index is 0.542. The van der Waals surface area contributed by atoms with Crippen LogP contribution in [-0.4, -0.2) is 12.8 Å². The van der Waals surface area contributed by atoms with Crippen LogP contribution in [0, 0.1) is 11.9 Å². The fraction of sp³-hybridized carbons (Fsp3) is 0. The van der Waals surface area contributed by atoms with Gasteiger partial charge < -0.3 is 0 Å². The lowest BCUT2D eigenvalue weighted by Gasteiger charge is -1.90. The average molecular weight is 127 g/mol. The summed E-state index contributed by atoms with van der Waals surface area (Å²) in [5.74, 6) is -1.54. The summed E-state index contributed by atoms with van der Waals surface area (Å²) in [6.45, 7) is 0. The van der Waals surface area contributed by atoms with Gasteiger partial charge in [0.1, 0.15) is 7.85 Å². The van der Waals surface area contributed by atoms with E-state index in [0.717, 1.165) is 0 Å². The molecule has 1 nitrogen and oxygen atoms in total. The summed E-state index contributed by atoms with van der Waals surface area (Å²) in [5, 5.41) is 0. The monoisotopic (exact) mass is 127 g/mol. The summed E-state index contributed by atoms with van der Waals surface area (Å²) < 4.78 is 24.2. The van der Waals surface area contributed by atoms with Crippen LogP contribution in [0.25, 0.3) is 0 Å². The van der Waals surface area contributed by atoms with Gasteiger partial charge in [0.15, 0.2) is 0 Å². The summed E-state index contributed by atoms with van der Waals surface area (Å²) in [5.41, 5.74) is 0.542. The first-order chi connectivity index (χ1) is 4.18. The molecule has 0 unspecified atom stereocenters. The lowest BCUT2D eigenvalue weighted by molar-refractivity contribution is 0.514. The number of nitrogens with zero attached hydrogens (tertiary/aromatic N) is 1. The molecule has 46 valence electrons. The second-order valence-electron chi connectivity index (χ2n) is 1.79. The number of rotatable bonds is 0. The van der Waals surface area contributed by atoms with Crippen LogP contribution in [0.4, 0.5) is 8.78 Å². The predicted molar refractivity (Wildman–Crippen MR) is 32.3 cm³/mol. The van der Waals surface area contributed by atoms with Crippen LogP contribution in [0.5, 0.6) is 0 Å². The Morgan fingerprint density at radius 1 is 1.22 bits per heavy atom. The van der Waals surface area contributed by atoms with Crippen molar-refractivity contribution in [2.45, 2.75) is 0 Å². The quantitative estimate of drug-likeness (QED) is 0.342. The SMILES string of the molecule is Bc1cc(F)nc(F)c1. The molecule has 1 aromatic rings. The summed E-state index contributed by atoms with van der Waals surface area (Å²) >= 11 is 0. The van der Waals surface area contributed by atoms with Crippen molar-refractivity contribution in [1.82, 2.24) is 4.98 Å². The van der Waals surface area contributed by atoms with Crippen molar-refractivity contribution in [1.29, 1.82) is 0 Å². The molecule has 1 rings (SSSR count). The van der Waals surface area contributed by atoms with Gasteiger partial charge in [-0.05, 0) is 12.1 Å². The van der Waals surface area contributed by atoms with Crippen LogP contribution in [0.3, 0.4) is 0 Å². The zero-order valence-corrected chi connectivity index (χ0v) is 4.86. The molecule has 1 aromatic heterocycles. The van der Waals surface area contributed by atoms with E-state index in [9.17, 15) is 8.78 Å². The van der Waals surface area contributed by atoms with E-state index in [1.54, 1.807) is 7.85 Å². The van der Waals surface area contributed by atoms with E-state index < -0.39 is 11.9 Å². The van der Waals surface area contributed by atoms with E-state index in [4.69, 9.17) is 0 Å². The van der Waals surface area contributed by atoms with Gasteiger partial charge in [-0.15, -0.1) is 0 Å². The number of hydrogen-bond donors (Lipinski definition) is 0. The Morgan fingerprint density at radius 2 is 1.67 bits per heavy atom. The Labute approximate surface area is 52.1 Å². The standard InChI is InChI=1S/C5H4BF2N/c6-3-1-4(7)9-5(8)2-3/h1-2H,6H2. The highest BCUT2D eigenvalue weighted by Gasteiger charge is 1.95. The first-order valence-electron chi connectivity index (χ1n) is 2.48. The minimum atomic E-state index is -0.771. The van der Waals surface area contributed by atoms with Crippen molar-refractivity contribution >= 4 is 13.3 Å². The van der Waals surface area contributed by atoms with Crippen LogP contribution in [0.2, 0.25) is 0 Å². The molecule has 1 heterocycles. The summed E-state index contributed by atoms with van der Waals surface area (Å²) in [7, 11) is 1.60. The molecular formula is C5H4BF2N. The molecule has 0 N–H and O–H groups in total. The molecule has 4 heteroatoms. The van der Waals surface area contributed by atoms with Crippen LogP contribution in [-0.2, 0) is 0 Å². The third-order valence-electron chi connectivity index (χ3n) is 0.907. The molecule has 0 saturated carbocycles. The zero-order valence-electron chi connectivity index (χ0n) is 4.86. The Bertz CT molecular complexity index is 176. The van der Waals surface area contributed by atoms with E-state index in [1.807, 2.05) is 0 Å². The molecule has 0 amide bonds. The van der Waals surface area contributed by atoms with E-state index in [1.165, 1.54) is 12.1 Å².